The second-order valence-corrected chi connectivity index (χ2v) is 10.6. The Kier molecular flexibility index (Phi) is 6.43. The molecule has 6 rings (SSSR count). The molecule has 180 valence electrons. The number of hydrogen-bond donors (Lipinski definition) is 0. The number of amidine groups is 1. The summed E-state index contributed by atoms with van der Waals surface area (Å²) in [4.78, 5) is 18.3. The van der Waals surface area contributed by atoms with Crippen LogP contribution in [0.25, 0.3) is 10.8 Å². The predicted molar refractivity (Wildman–Crippen MR) is 143 cm³/mol. The Bertz CT molecular complexity index is 928. The Morgan fingerprint density at radius 1 is 0.559 bits per heavy atom. The molecule has 1 saturated carbocycles. The fourth-order valence-electron chi connectivity index (χ4n) is 6.43. The van der Waals surface area contributed by atoms with Gasteiger partial charge in [0.15, 0.2) is 0 Å². The van der Waals surface area contributed by atoms with E-state index in [4.69, 9.17) is 9.98 Å². The normalized spacial score (nSPS) is 21.9. The van der Waals surface area contributed by atoms with Crippen molar-refractivity contribution < 1.29 is 0 Å². The van der Waals surface area contributed by atoms with E-state index in [9.17, 15) is 0 Å². The summed E-state index contributed by atoms with van der Waals surface area (Å²) < 4.78 is 0. The molecular formula is C29H39N5. The van der Waals surface area contributed by atoms with E-state index in [1.54, 1.807) is 0 Å². The van der Waals surface area contributed by atoms with Crippen molar-refractivity contribution in [1.82, 2.24) is 14.7 Å². The van der Waals surface area contributed by atoms with Gasteiger partial charge in [-0.25, -0.2) is 9.98 Å². The van der Waals surface area contributed by atoms with E-state index in [1.165, 1.54) is 99.9 Å². The molecular weight excluding hydrogens is 418 g/mol. The Balaban J connectivity index is 1.41. The highest BCUT2D eigenvalue weighted by molar-refractivity contribution is 6.03. The number of nitrogens with zero attached hydrogens (tertiary/aromatic N) is 5. The van der Waals surface area contributed by atoms with Gasteiger partial charge in [0.05, 0.1) is 11.4 Å². The van der Waals surface area contributed by atoms with Crippen LogP contribution in [0.5, 0.6) is 0 Å². The fourth-order valence-corrected chi connectivity index (χ4v) is 6.43. The van der Waals surface area contributed by atoms with E-state index in [0.717, 1.165) is 37.6 Å². The van der Waals surface area contributed by atoms with E-state index < -0.39 is 0 Å². The maximum Gasteiger partial charge on any atom is 0.201 e. The molecule has 0 amide bonds. The van der Waals surface area contributed by atoms with Crippen LogP contribution in [0.15, 0.2) is 46.4 Å². The highest BCUT2D eigenvalue weighted by Crippen LogP contribution is 2.36. The predicted octanol–water partition coefficient (Wildman–Crippen LogP) is 6.33. The molecule has 3 aliphatic heterocycles. The molecule has 3 saturated heterocycles. The molecule has 5 heteroatoms. The lowest BCUT2D eigenvalue weighted by atomic mass is 10.0. The summed E-state index contributed by atoms with van der Waals surface area (Å²) in [6.45, 7) is 6.88. The number of guanidine groups is 1. The summed E-state index contributed by atoms with van der Waals surface area (Å²) in [6.07, 6.45) is 13.0. The smallest absolute Gasteiger partial charge is 0.201 e. The van der Waals surface area contributed by atoms with Crippen molar-refractivity contribution in [2.45, 2.75) is 64.2 Å². The Morgan fingerprint density at radius 3 is 1.56 bits per heavy atom. The maximum atomic E-state index is 5.40. The summed E-state index contributed by atoms with van der Waals surface area (Å²) in [7, 11) is 0. The van der Waals surface area contributed by atoms with Crippen molar-refractivity contribution in [2.75, 3.05) is 39.3 Å². The molecule has 0 atom stereocenters. The summed E-state index contributed by atoms with van der Waals surface area (Å²) in [5.74, 6) is 3.18. The van der Waals surface area contributed by atoms with Crippen molar-refractivity contribution in [2.24, 2.45) is 15.9 Å². The molecule has 34 heavy (non-hydrogen) atoms. The van der Waals surface area contributed by atoms with Gasteiger partial charge in [0.25, 0.3) is 0 Å². The number of fused-ring (bicyclic) bond motifs is 1. The monoisotopic (exact) mass is 457 g/mol. The average molecular weight is 458 g/mol. The van der Waals surface area contributed by atoms with Gasteiger partial charge in [-0.3, -0.25) is 0 Å². The molecule has 4 fully saturated rings. The molecule has 1 aliphatic carbocycles. The molecule has 5 nitrogen and oxygen atoms in total. The van der Waals surface area contributed by atoms with E-state index in [-0.39, 0.29) is 0 Å². The highest BCUT2D eigenvalue weighted by atomic mass is 15.4. The van der Waals surface area contributed by atoms with Crippen LogP contribution >= 0.6 is 0 Å². The first kappa shape index (κ1) is 21.9. The van der Waals surface area contributed by atoms with E-state index in [1.807, 2.05) is 0 Å². The van der Waals surface area contributed by atoms with Crippen LogP contribution in [0, 0.1) is 5.92 Å². The number of aliphatic imine (C=N–C) groups is 2. The molecule has 0 aromatic heterocycles. The molecule has 2 aromatic carbocycles. The van der Waals surface area contributed by atoms with Gasteiger partial charge in [-0.1, -0.05) is 37.1 Å². The van der Waals surface area contributed by atoms with Gasteiger partial charge < -0.3 is 14.7 Å². The Labute approximate surface area is 204 Å². The van der Waals surface area contributed by atoms with Crippen LogP contribution in [-0.4, -0.2) is 65.8 Å². The van der Waals surface area contributed by atoms with E-state index >= 15 is 0 Å². The lowest BCUT2D eigenvalue weighted by molar-refractivity contribution is 0.395. The molecule has 0 unspecified atom stereocenters. The molecule has 0 radical (unpaired) electrons. The van der Waals surface area contributed by atoms with Gasteiger partial charge in [0.1, 0.15) is 5.84 Å². The molecule has 4 aliphatic rings. The first-order chi connectivity index (χ1) is 16.9. The standard InChI is InChI=1S/C29H39N5/c1-2-12-23(11-1)28(32-17-3-4-18-32)30-26-15-9-14-25-24(26)13-10-16-27(25)31-29(33-19-5-6-20-33)34-21-7-8-22-34/h9-10,13-16,23H,1-8,11-12,17-22H2. The first-order valence-electron chi connectivity index (χ1n) is 13.8. The number of benzene rings is 2. The highest BCUT2D eigenvalue weighted by Gasteiger charge is 2.28. The molecule has 0 N–H and O–H groups in total. The summed E-state index contributed by atoms with van der Waals surface area (Å²) >= 11 is 0. The molecule has 0 spiro atoms. The van der Waals surface area contributed by atoms with Gasteiger partial charge >= 0.3 is 0 Å². The van der Waals surface area contributed by atoms with Crippen molar-refractivity contribution in [1.29, 1.82) is 0 Å². The van der Waals surface area contributed by atoms with Crippen molar-refractivity contribution in [3.63, 3.8) is 0 Å². The quantitative estimate of drug-likeness (QED) is 0.399. The van der Waals surface area contributed by atoms with Gasteiger partial charge in [-0.05, 0) is 63.5 Å². The minimum atomic E-state index is 0.631. The van der Waals surface area contributed by atoms with Crippen LogP contribution in [0.3, 0.4) is 0 Å². The zero-order chi connectivity index (χ0) is 22.7. The van der Waals surface area contributed by atoms with E-state index in [2.05, 4.69) is 51.1 Å². The SMILES string of the molecule is c1cc(N=C(N2CCCC2)N2CCCC2)c2cccc(N=C(C3CCCC3)N3CCCC3)c2c1. The van der Waals surface area contributed by atoms with E-state index in [0.29, 0.717) is 5.92 Å². The second-order valence-electron chi connectivity index (χ2n) is 10.6. The van der Waals surface area contributed by atoms with Gasteiger partial charge in [0.2, 0.25) is 5.96 Å². The van der Waals surface area contributed by atoms with Crippen LogP contribution in [0.1, 0.15) is 64.2 Å². The second kappa shape index (κ2) is 9.97. The third kappa shape index (κ3) is 4.42. The lowest BCUT2D eigenvalue weighted by Gasteiger charge is -2.28. The number of hydrogen-bond acceptors (Lipinski definition) is 2. The van der Waals surface area contributed by atoms with Gasteiger partial charge in [-0.2, -0.15) is 0 Å². The first-order valence-corrected chi connectivity index (χ1v) is 13.8. The molecule has 0 bridgehead atoms. The fraction of sp³-hybridized carbons (Fsp3) is 0.586. The zero-order valence-corrected chi connectivity index (χ0v) is 20.6. The zero-order valence-electron chi connectivity index (χ0n) is 20.6. The molecule has 2 aromatic rings. The Morgan fingerprint density at radius 2 is 1.03 bits per heavy atom. The van der Waals surface area contributed by atoms with Crippen molar-refractivity contribution in [3.05, 3.63) is 36.4 Å². The van der Waals surface area contributed by atoms with Crippen LogP contribution in [0.2, 0.25) is 0 Å². The minimum Gasteiger partial charge on any atom is -0.360 e. The largest absolute Gasteiger partial charge is 0.360 e. The number of rotatable bonds is 3. The third-order valence-electron chi connectivity index (χ3n) is 8.26. The van der Waals surface area contributed by atoms with Gasteiger partial charge in [0, 0.05) is 56.0 Å². The van der Waals surface area contributed by atoms with Crippen LogP contribution < -0.4 is 0 Å². The minimum absolute atomic E-state index is 0.631. The van der Waals surface area contributed by atoms with Crippen LogP contribution in [-0.2, 0) is 0 Å². The summed E-state index contributed by atoms with van der Waals surface area (Å²) in [5.41, 5.74) is 2.21. The van der Waals surface area contributed by atoms with Gasteiger partial charge in [-0.15, -0.1) is 0 Å². The van der Waals surface area contributed by atoms with Crippen molar-refractivity contribution >= 4 is 33.9 Å². The topological polar surface area (TPSA) is 34.4 Å². The number of likely N-dealkylation sites (tertiary alicyclic amines) is 3. The van der Waals surface area contributed by atoms with Crippen LogP contribution in [0.4, 0.5) is 11.4 Å². The lowest BCUT2D eigenvalue weighted by Crippen LogP contribution is -2.41. The average Bonchev–Trinajstić information content (AvgIpc) is 3.69. The maximum absolute atomic E-state index is 5.40. The van der Waals surface area contributed by atoms with Crippen molar-refractivity contribution in [3.8, 4) is 0 Å². The summed E-state index contributed by atoms with van der Waals surface area (Å²) in [6, 6.07) is 13.3. The summed E-state index contributed by atoms with van der Waals surface area (Å²) in [5, 5.41) is 2.47. The molecule has 3 heterocycles. The third-order valence-corrected chi connectivity index (χ3v) is 8.26. The Hall–Kier alpha value is -2.56.